The molecule has 2 aliphatic heterocycles. The summed E-state index contributed by atoms with van der Waals surface area (Å²) in [7, 11) is -3.66. The van der Waals surface area contributed by atoms with Gasteiger partial charge in [0, 0.05) is 27.6 Å². The molecule has 0 atom stereocenters. The first kappa shape index (κ1) is 26.6. The maximum Gasteiger partial charge on any atom is 0.242 e. The first-order valence-corrected chi connectivity index (χ1v) is 17.4. The smallest absolute Gasteiger partial charge is 0.242 e. The Balaban J connectivity index is 1.22. The quantitative estimate of drug-likeness (QED) is 0.186. The van der Waals surface area contributed by atoms with Crippen molar-refractivity contribution in [2.24, 2.45) is 0 Å². The summed E-state index contributed by atoms with van der Waals surface area (Å²) in [6.07, 6.45) is 0. The van der Waals surface area contributed by atoms with Crippen LogP contribution in [0.5, 0.6) is 0 Å². The summed E-state index contributed by atoms with van der Waals surface area (Å²) in [5, 5.41) is 2.34. The second-order valence-corrected chi connectivity index (χ2v) is 14.3. The number of sulfone groups is 1. The zero-order valence-electron chi connectivity index (χ0n) is 25.3. The molecule has 0 spiro atoms. The van der Waals surface area contributed by atoms with Crippen molar-refractivity contribution in [3.05, 3.63) is 158 Å². The molecule has 220 valence electrons. The van der Waals surface area contributed by atoms with Gasteiger partial charge in [0.1, 0.15) is 0 Å². The standard InChI is InChI=1S/C42H26BNO2S/c45-47(46)41-23-21-27(43-37-17-7-3-13-31(37)29-11-1-2-12-30(29)32-14-4-8-18-38(32)43)25-35(41)36-26-28(22-24-42(36)47)44-39-19-9-5-15-33(39)34-16-6-10-20-40(34)44/h1-26H. The van der Waals surface area contributed by atoms with E-state index in [1.807, 2.05) is 18.2 Å². The highest BCUT2D eigenvalue weighted by molar-refractivity contribution is 7.92. The molecule has 3 nitrogen and oxygen atoms in total. The molecule has 0 saturated heterocycles. The van der Waals surface area contributed by atoms with Gasteiger partial charge in [-0.2, -0.15) is 0 Å². The Hall–Kier alpha value is -5.65. The van der Waals surface area contributed by atoms with E-state index in [2.05, 4.69) is 138 Å². The molecule has 47 heavy (non-hydrogen) atoms. The maximum absolute atomic E-state index is 14.0. The van der Waals surface area contributed by atoms with Crippen molar-refractivity contribution in [1.82, 2.24) is 4.57 Å². The van der Waals surface area contributed by atoms with Gasteiger partial charge in [0.15, 0.2) is 0 Å². The monoisotopic (exact) mass is 619 g/mol. The normalized spacial score (nSPS) is 13.8. The molecule has 0 aliphatic carbocycles. The van der Waals surface area contributed by atoms with E-state index in [4.69, 9.17) is 0 Å². The lowest BCUT2D eigenvalue weighted by molar-refractivity contribution is 0.598. The van der Waals surface area contributed by atoms with Crippen LogP contribution >= 0.6 is 0 Å². The van der Waals surface area contributed by atoms with Gasteiger partial charge in [-0.15, -0.1) is 0 Å². The topological polar surface area (TPSA) is 39.1 Å². The fourth-order valence-electron chi connectivity index (χ4n) is 8.06. The van der Waals surface area contributed by atoms with Crippen LogP contribution in [0.3, 0.4) is 0 Å². The molecule has 3 heterocycles. The average molecular weight is 620 g/mol. The Kier molecular flexibility index (Phi) is 5.47. The zero-order valence-corrected chi connectivity index (χ0v) is 26.1. The molecule has 7 aromatic carbocycles. The summed E-state index contributed by atoms with van der Waals surface area (Å²) in [6, 6.07) is 54.4. The Morgan fingerprint density at radius 1 is 0.426 bits per heavy atom. The van der Waals surface area contributed by atoms with Crippen LogP contribution in [0.2, 0.25) is 0 Å². The summed E-state index contributed by atoms with van der Waals surface area (Å²) in [5.41, 5.74) is 13.0. The predicted molar refractivity (Wildman–Crippen MR) is 194 cm³/mol. The maximum atomic E-state index is 14.0. The summed E-state index contributed by atoms with van der Waals surface area (Å²) in [5.74, 6) is 0. The largest absolute Gasteiger partial charge is 0.309 e. The molecule has 0 N–H and O–H groups in total. The van der Waals surface area contributed by atoms with Gasteiger partial charge in [0.2, 0.25) is 16.6 Å². The van der Waals surface area contributed by atoms with Gasteiger partial charge >= 0.3 is 0 Å². The minimum absolute atomic E-state index is 0.0765. The van der Waals surface area contributed by atoms with Crippen LogP contribution < -0.4 is 16.4 Å². The number of aromatic nitrogens is 1. The number of rotatable bonds is 2. The number of hydrogen-bond donors (Lipinski definition) is 0. The minimum Gasteiger partial charge on any atom is -0.309 e. The minimum atomic E-state index is -3.66. The fraction of sp³-hybridized carbons (Fsp3) is 0. The molecule has 5 heteroatoms. The molecule has 2 aliphatic rings. The van der Waals surface area contributed by atoms with Gasteiger partial charge in [0.25, 0.3) is 0 Å². The van der Waals surface area contributed by atoms with Crippen LogP contribution in [0.25, 0.3) is 60.9 Å². The second kappa shape index (κ2) is 9.68. The molecule has 0 saturated carbocycles. The first-order chi connectivity index (χ1) is 23.1. The highest BCUT2D eigenvalue weighted by atomic mass is 32.2. The van der Waals surface area contributed by atoms with Crippen molar-refractivity contribution in [2.45, 2.75) is 9.79 Å². The van der Waals surface area contributed by atoms with Crippen molar-refractivity contribution in [2.75, 3.05) is 0 Å². The van der Waals surface area contributed by atoms with Crippen molar-refractivity contribution in [1.29, 1.82) is 0 Å². The molecule has 10 rings (SSSR count). The number of nitrogens with zero attached hydrogens (tertiary/aromatic N) is 1. The van der Waals surface area contributed by atoms with Gasteiger partial charge in [-0.25, -0.2) is 8.42 Å². The molecule has 0 amide bonds. The Labute approximate surface area is 273 Å². The van der Waals surface area contributed by atoms with Gasteiger partial charge in [-0.05, 0) is 58.7 Å². The van der Waals surface area contributed by atoms with Gasteiger partial charge in [-0.1, -0.05) is 138 Å². The van der Waals surface area contributed by atoms with E-state index in [0.29, 0.717) is 9.79 Å². The van der Waals surface area contributed by atoms with E-state index in [9.17, 15) is 8.42 Å². The van der Waals surface area contributed by atoms with Crippen LogP contribution in [-0.2, 0) is 9.84 Å². The SMILES string of the molecule is O=S1(=O)c2ccc(B3c4ccccc4-c4ccccc4-c4ccccc43)cc2-c2cc(-n3c4ccccc4c4ccccc43)ccc21. The molecule has 8 aromatic rings. The lowest BCUT2D eigenvalue weighted by atomic mass is 9.35. The van der Waals surface area contributed by atoms with Crippen molar-refractivity contribution >= 4 is 54.7 Å². The van der Waals surface area contributed by atoms with E-state index >= 15 is 0 Å². The van der Waals surface area contributed by atoms with Crippen LogP contribution in [-0.4, -0.2) is 19.7 Å². The van der Waals surface area contributed by atoms with E-state index in [0.717, 1.165) is 33.3 Å². The van der Waals surface area contributed by atoms with Crippen LogP contribution in [0.15, 0.2) is 168 Å². The molecular weight excluding hydrogens is 593 g/mol. The summed E-state index contributed by atoms with van der Waals surface area (Å²) in [6.45, 7) is -0.0765. The van der Waals surface area contributed by atoms with Crippen molar-refractivity contribution in [3.8, 4) is 39.1 Å². The molecule has 0 unspecified atom stereocenters. The Morgan fingerprint density at radius 3 is 1.49 bits per heavy atom. The van der Waals surface area contributed by atoms with E-state index < -0.39 is 9.84 Å². The van der Waals surface area contributed by atoms with Gasteiger partial charge < -0.3 is 4.57 Å². The van der Waals surface area contributed by atoms with E-state index in [1.165, 1.54) is 44.0 Å². The number of hydrogen-bond acceptors (Lipinski definition) is 2. The third-order valence-electron chi connectivity index (χ3n) is 10.1. The highest BCUT2D eigenvalue weighted by Crippen LogP contribution is 2.44. The second-order valence-electron chi connectivity index (χ2n) is 12.5. The van der Waals surface area contributed by atoms with E-state index in [-0.39, 0.29) is 6.71 Å². The molecule has 0 radical (unpaired) electrons. The first-order valence-electron chi connectivity index (χ1n) is 15.9. The van der Waals surface area contributed by atoms with Gasteiger partial charge in [0.05, 0.1) is 20.8 Å². The van der Waals surface area contributed by atoms with Crippen molar-refractivity contribution in [3.63, 3.8) is 0 Å². The van der Waals surface area contributed by atoms with Crippen molar-refractivity contribution < 1.29 is 8.42 Å². The Morgan fingerprint density at radius 2 is 0.894 bits per heavy atom. The average Bonchev–Trinajstić information content (AvgIpc) is 3.52. The highest BCUT2D eigenvalue weighted by Gasteiger charge is 2.36. The summed E-state index contributed by atoms with van der Waals surface area (Å²) in [4.78, 5) is 0.734. The number of para-hydroxylation sites is 2. The lowest BCUT2D eigenvalue weighted by Crippen LogP contribution is -2.52. The van der Waals surface area contributed by atoms with Crippen LogP contribution in [0, 0.1) is 0 Å². The van der Waals surface area contributed by atoms with Crippen LogP contribution in [0.1, 0.15) is 0 Å². The number of benzene rings is 7. The third kappa shape index (κ3) is 3.66. The van der Waals surface area contributed by atoms with E-state index in [1.54, 1.807) is 6.07 Å². The third-order valence-corrected chi connectivity index (χ3v) is 11.9. The fourth-order valence-corrected chi connectivity index (χ4v) is 9.71. The Bertz CT molecular complexity index is 2610. The molecule has 0 bridgehead atoms. The molecular formula is C42H26BNO2S. The molecule has 0 fully saturated rings. The molecule has 1 aromatic heterocycles. The van der Waals surface area contributed by atoms with Crippen LogP contribution in [0.4, 0.5) is 0 Å². The van der Waals surface area contributed by atoms with Gasteiger partial charge in [-0.3, -0.25) is 0 Å². The zero-order chi connectivity index (χ0) is 31.3. The summed E-state index contributed by atoms with van der Waals surface area (Å²) < 4.78 is 30.2. The predicted octanol–water partition coefficient (Wildman–Crippen LogP) is 7.76. The number of fused-ring (bicyclic) bond motifs is 11. The lowest BCUT2D eigenvalue weighted by Gasteiger charge is -2.19. The summed E-state index contributed by atoms with van der Waals surface area (Å²) >= 11 is 0.